The van der Waals surface area contributed by atoms with Gasteiger partial charge in [0.1, 0.15) is 0 Å². The number of halogens is 1. The summed E-state index contributed by atoms with van der Waals surface area (Å²) in [6.07, 6.45) is 0. The molecule has 0 spiro atoms. The van der Waals surface area contributed by atoms with Crippen molar-refractivity contribution in [3.63, 3.8) is 0 Å². The highest BCUT2D eigenvalue weighted by Crippen LogP contribution is 2.66. The molecule has 1 aliphatic rings. The first kappa shape index (κ1) is 15.3. The molecule has 2 N–H and O–H groups in total. The van der Waals surface area contributed by atoms with E-state index in [2.05, 4.69) is 0 Å². The summed E-state index contributed by atoms with van der Waals surface area (Å²) in [4.78, 5) is 24.7. The predicted molar refractivity (Wildman–Crippen MR) is 85.7 cm³/mol. The molecule has 0 bridgehead atoms. The number of ketones is 1. The van der Waals surface area contributed by atoms with E-state index in [0.29, 0.717) is 16.1 Å². The molecule has 114 valence electrons. The van der Waals surface area contributed by atoms with Crippen molar-refractivity contribution >= 4 is 23.3 Å². The normalized spacial score (nSPS) is 25.4. The lowest BCUT2D eigenvalue weighted by Crippen LogP contribution is -2.28. The lowest BCUT2D eigenvalue weighted by molar-refractivity contribution is -0.121. The van der Waals surface area contributed by atoms with Crippen LogP contribution in [0, 0.1) is 22.7 Å². The molecular weight excluding hydrogens is 312 g/mol. The van der Waals surface area contributed by atoms with Gasteiger partial charge in [-0.25, -0.2) is 0 Å². The first-order valence-electron chi connectivity index (χ1n) is 7.09. The topological polar surface area (TPSA) is 83.9 Å². The summed E-state index contributed by atoms with van der Waals surface area (Å²) in [6.45, 7) is 0. The van der Waals surface area contributed by atoms with Gasteiger partial charge in [0, 0.05) is 16.5 Å². The third kappa shape index (κ3) is 2.21. The molecule has 0 aliphatic heterocycles. The van der Waals surface area contributed by atoms with Gasteiger partial charge in [-0.3, -0.25) is 9.59 Å². The molecule has 1 aliphatic carbocycles. The fourth-order valence-corrected chi connectivity index (χ4v) is 3.43. The number of primary amides is 1. The number of Topliss-reactive ketones (excluding diaryl/α,β-unsaturated/α-hetero) is 1. The maximum atomic E-state index is 12.8. The summed E-state index contributed by atoms with van der Waals surface area (Å²) in [5.41, 5.74) is 4.98. The lowest BCUT2D eigenvalue weighted by Gasteiger charge is -2.05. The Hall–Kier alpha value is -2.64. The van der Waals surface area contributed by atoms with E-state index in [1.807, 2.05) is 6.07 Å². The van der Waals surface area contributed by atoms with Crippen LogP contribution in [-0.4, -0.2) is 11.7 Å². The Labute approximate surface area is 138 Å². The van der Waals surface area contributed by atoms with E-state index in [1.165, 1.54) is 0 Å². The number of amides is 1. The molecule has 2 aromatic carbocycles. The van der Waals surface area contributed by atoms with Crippen LogP contribution < -0.4 is 5.73 Å². The molecular formula is C18H13ClN2O2. The minimum absolute atomic E-state index is 0.268. The highest BCUT2D eigenvalue weighted by atomic mass is 35.5. The van der Waals surface area contributed by atoms with Crippen LogP contribution in [0.4, 0.5) is 0 Å². The van der Waals surface area contributed by atoms with Crippen LogP contribution in [-0.2, 0) is 4.79 Å². The molecule has 1 saturated carbocycles. The average Bonchev–Trinajstić information content (AvgIpc) is 3.25. The number of nitriles is 1. The number of benzene rings is 2. The van der Waals surface area contributed by atoms with Gasteiger partial charge in [0.2, 0.25) is 5.91 Å². The van der Waals surface area contributed by atoms with Crippen molar-refractivity contribution in [2.24, 2.45) is 17.1 Å². The van der Waals surface area contributed by atoms with Crippen LogP contribution >= 0.6 is 11.6 Å². The second-order valence-corrected chi connectivity index (χ2v) is 5.96. The maximum Gasteiger partial charge on any atom is 0.239 e. The van der Waals surface area contributed by atoms with Gasteiger partial charge in [-0.15, -0.1) is 0 Å². The largest absolute Gasteiger partial charge is 0.368 e. The van der Waals surface area contributed by atoms with Gasteiger partial charge in [-0.05, 0) is 11.6 Å². The summed E-state index contributed by atoms with van der Waals surface area (Å²) in [7, 11) is 0. The SMILES string of the molecule is N#C[C@]1(C(N)=O)[C@H](C(=O)c2ccccc2)[C@@H]1c1ccccc1Cl. The molecule has 4 nitrogen and oxygen atoms in total. The van der Waals surface area contributed by atoms with Gasteiger partial charge in [0.25, 0.3) is 0 Å². The van der Waals surface area contributed by atoms with Crippen LogP contribution in [0.2, 0.25) is 5.02 Å². The molecule has 3 atom stereocenters. The number of hydrogen-bond acceptors (Lipinski definition) is 3. The zero-order valence-electron chi connectivity index (χ0n) is 12.1. The third-order valence-corrected chi connectivity index (χ3v) is 4.72. The Morgan fingerprint density at radius 1 is 1.09 bits per heavy atom. The van der Waals surface area contributed by atoms with Gasteiger partial charge >= 0.3 is 0 Å². The highest BCUT2D eigenvalue weighted by Gasteiger charge is 2.73. The van der Waals surface area contributed by atoms with Crippen LogP contribution in [0.3, 0.4) is 0 Å². The van der Waals surface area contributed by atoms with E-state index in [9.17, 15) is 14.9 Å². The van der Waals surface area contributed by atoms with E-state index in [-0.39, 0.29) is 5.78 Å². The molecule has 0 heterocycles. The van der Waals surface area contributed by atoms with Crippen molar-refractivity contribution in [2.75, 3.05) is 0 Å². The molecule has 23 heavy (non-hydrogen) atoms. The van der Waals surface area contributed by atoms with Gasteiger partial charge in [0.05, 0.1) is 12.0 Å². The minimum atomic E-state index is -1.54. The van der Waals surface area contributed by atoms with Crippen LogP contribution in [0.25, 0.3) is 0 Å². The predicted octanol–water partition coefficient (Wildman–Crippen LogP) is 2.93. The summed E-state index contributed by atoms with van der Waals surface area (Å²) in [6, 6.07) is 17.5. The van der Waals surface area contributed by atoms with Crippen molar-refractivity contribution < 1.29 is 9.59 Å². The van der Waals surface area contributed by atoms with Gasteiger partial charge in [0.15, 0.2) is 11.2 Å². The maximum absolute atomic E-state index is 12.8. The van der Waals surface area contributed by atoms with Crippen molar-refractivity contribution in [2.45, 2.75) is 5.92 Å². The van der Waals surface area contributed by atoms with E-state index >= 15 is 0 Å². The van der Waals surface area contributed by atoms with E-state index < -0.39 is 23.2 Å². The standard InChI is InChI=1S/C18H13ClN2O2/c19-13-9-5-4-8-12(13)14-15(18(14,10-20)17(21)23)16(22)11-6-2-1-3-7-11/h1-9,14-15H,(H2,21,23)/t14-,15-,18+/m0/s1. The molecule has 3 rings (SSSR count). The Kier molecular flexibility index (Phi) is 3.67. The van der Waals surface area contributed by atoms with E-state index in [0.717, 1.165) is 0 Å². The number of nitrogens with zero attached hydrogens (tertiary/aromatic N) is 1. The molecule has 5 heteroatoms. The molecule has 1 fully saturated rings. The monoisotopic (exact) mass is 324 g/mol. The highest BCUT2D eigenvalue weighted by molar-refractivity contribution is 6.31. The molecule has 1 amide bonds. The van der Waals surface area contributed by atoms with E-state index in [1.54, 1.807) is 54.6 Å². The fraction of sp³-hybridized carbons (Fsp3) is 0.167. The second-order valence-electron chi connectivity index (χ2n) is 5.55. The van der Waals surface area contributed by atoms with Crippen LogP contribution in [0.5, 0.6) is 0 Å². The van der Waals surface area contributed by atoms with Crippen molar-refractivity contribution in [3.05, 3.63) is 70.7 Å². The first-order valence-corrected chi connectivity index (χ1v) is 7.46. The summed E-state index contributed by atoms with van der Waals surface area (Å²) >= 11 is 6.19. The second kappa shape index (κ2) is 5.53. The van der Waals surface area contributed by atoms with Gasteiger partial charge < -0.3 is 5.73 Å². The minimum Gasteiger partial charge on any atom is -0.368 e. The lowest BCUT2D eigenvalue weighted by atomic mass is 9.98. The Morgan fingerprint density at radius 2 is 1.70 bits per heavy atom. The summed E-state index contributed by atoms with van der Waals surface area (Å²) in [5, 5.41) is 9.99. The van der Waals surface area contributed by atoms with Crippen molar-refractivity contribution in [3.8, 4) is 6.07 Å². The molecule has 0 radical (unpaired) electrons. The zero-order valence-corrected chi connectivity index (χ0v) is 12.8. The number of nitrogens with two attached hydrogens (primary N) is 1. The smallest absolute Gasteiger partial charge is 0.239 e. The summed E-state index contributed by atoms with van der Waals surface area (Å²) in [5.74, 6) is -2.49. The van der Waals surface area contributed by atoms with Crippen molar-refractivity contribution in [1.29, 1.82) is 5.26 Å². The number of rotatable bonds is 4. The Bertz CT molecular complexity index is 828. The summed E-state index contributed by atoms with van der Waals surface area (Å²) < 4.78 is 0. The van der Waals surface area contributed by atoms with Crippen LogP contribution in [0.1, 0.15) is 21.8 Å². The van der Waals surface area contributed by atoms with Crippen LogP contribution in [0.15, 0.2) is 54.6 Å². The number of carbonyl (C=O) groups is 2. The number of hydrogen-bond donors (Lipinski definition) is 1. The molecule has 0 unspecified atom stereocenters. The molecule has 0 saturated heterocycles. The van der Waals surface area contributed by atoms with Gasteiger partial charge in [-0.2, -0.15) is 5.26 Å². The Morgan fingerprint density at radius 3 is 2.26 bits per heavy atom. The molecule has 2 aromatic rings. The third-order valence-electron chi connectivity index (χ3n) is 4.38. The van der Waals surface area contributed by atoms with Crippen molar-refractivity contribution in [1.82, 2.24) is 0 Å². The van der Waals surface area contributed by atoms with Gasteiger partial charge in [-0.1, -0.05) is 60.1 Å². The number of carbonyl (C=O) groups excluding carboxylic acids is 2. The quantitative estimate of drug-likeness (QED) is 0.877. The first-order chi connectivity index (χ1) is 11.0. The Balaban J connectivity index is 2.08. The average molecular weight is 325 g/mol. The van der Waals surface area contributed by atoms with E-state index in [4.69, 9.17) is 17.3 Å². The molecule has 0 aromatic heterocycles. The zero-order chi connectivity index (χ0) is 16.6. The fourth-order valence-electron chi connectivity index (χ4n) is 3.18.